The number of nitrogens with two attached hydrogens (primary N) is 1. The molecule has 0 aromatic carbocycles. The normalized spacial score (nSPS) is 30.9. The number of amides is 1. The first-order valence-electron chi connectivity index (χ1n) is 6.21. The quantitative estimate of drug-likeness (QED) is 0.747. The zero-order valence-corrected chi connectivity index (χ0v) is 10.6. The first-order valence-corrected chi connectivity index (χ1v) is 6.62. The van der Waals surface area contributed by atoms with Crippen molar-refractivity contribution in [1.29, 1.82) is 0 Å². The van der Waals surface area contributed by atoms with Crippen LogP contribution in [0, 0.1) is 11.8 Å². The Morgan fingerprint density at radius 2 is 2.06 bits per heavy atom. The summed E-state index contributed by atoms with van der Waals surface area (Å²) in [5.41, 5.74) is 5.56. The molecular weight excluding hydrogens is 220 g/mol. The Morgan fingerprint density at radius 3 is 2.75 bits per heavy atom. The first-order chi connectivity index (χ1) is 7.61. The third-order valence-corrected chi connectivity index (χ3v) is 4.44. The Kier molecular flexibility index (Phi) is 3.47. The van der Waals surface area contributed by atoms with Gasteiger partial charge in [0.05, 0.1) is 10.9 Å². The second-order valence-electron chi connectivity index (χ2n) is 5.06. The van der Waals surface area contributed by atoms with Crippen LogP contribution in [0.5, 0.6) is 0 Å². The van der Waals surface area contributed by atoms with Crippen LogP contribution in [-0.2, 0) is 4.79 Å². The maximum Gasteiger partial charge on any atom is 0.232 e. The van der Waals surface area contributed by atoms with Crippen LogP contribution in [0.25, 0.3) is 0 Å². The van der Waals surface area contributed by atoms with Crippen molar-refractivity contribution in [3.8, 4) is 0 Å². The maximum atomic E-state index is 12.2. The second kappa shape index (κ2) is 4.70. The molecule has 1 amide bonds. The lowest BCUT2D eigenvalue weighted by Crippen LogP contribution is -2.44. The predicted molar refractivity (Wildman–Crippen MR) is 68.0 cm³/mol. The number of carbonyl (C=O) groups is 1. The number of hydrogen-bond acceptors (Lipinski definition) is 2. The Hall–Kier alpha value is -0.640. The molecule has 0 bridgehead atoms. The van der Waals surface area contributed by atoms with Crippen molar-refractivity contribution in [3.05, 3.63) is 0 Å². The first kappa shape index (κ1) is 11.8. The molecule has 0 radical (unpaired) electrons. The largest absolute Gasteiger partial charge is 0.393 e. The number of nitrogens with zero attached hydrogens (tertiary/aromatic N) is 1. The van der Waals surface area contributed by atoms with Gasteiger partial charge >= 0.3 is 0 Å². The summed E-state index contributed by atoms with van der Waals surface area (Å²) in [5, 5.41) is 0. The van der Waals surface area contributed by atoms with Gasteiger partial charge in [-0.05, 0) is 32.1 Å². The Balaban J connectivity index is 2.04. The molecule has 3 unspecified atom stereocenters. The van der Waals surface area contributed by atoms with Gasteiger partial charge in [0.25, 0.3) is 0 Å². The molecule has 1 saturated heterocycles. The standard InChI is InChI=1S/C12H20N2OS/c1-8(11(13)16)12(15)14-7-6-9-4-2-3-5-10(9)14/h8-10H,2-7H2,1H3,(H2,13,16). The van der Waals surface area contributed by atoms with E-state index in [0.717, 1.165) is 12.5 Å². The zero-order valence-electron chi connectivity index (χ0n) is 9.82. The Morgan fingerprint density at radius 1 is 1.38 bits per heavy atom. The lowest BCUT2D eigenvalue weighted by atomic mass is 9.85. The van der Waals surface area contributed by atoms with Gasteiger partial charge in [0.1, 0.15) is 0 Å². The van der Waals surface area contributed by atoms with E-state index in [1.54, 1.807) is 0 Å². The van der Waals surface area contributed by atoms with Crippen LogP contribution in [0.2, 0.25) is 0 Å². The molecule has 1 heterocycles. The molecule has 2 N–H and O–H groups in total. The molecule has 3 atom stereocenters. The molecule has 0 aromatic rings. The topological polar surface area (TPSA) is 46.3 Å². The molecule has 3 nitrogen and oxygen atoms in total. The average molecular weight is 240 g/mol. The van der Waals surface area contributed by atoms with Gasteiger partial charge in [-0.25, -0.2) is 0 Å². The monoisotopic (exact) mass is 240 g/mol. The van der Waals surface area contributed by atoms with Gasteiger partial charge < -0.3 is 10.6 Å². The zero-order chi connectivity index (χ0) is 11.7. The summed E-state index contributed by atoms with van der Waals surface area (Å²) in [6, 6.07) is 0.470. The van der Waals surface area contributed by atoms with Crippen LogP contribution in [0.4, 0.5) is 0 Å². The molecule has 16 heavy (non-hydrogen) atoms. The van der Waals surface area contributed by atoms with E-state index < -0.39 is 0 Å². The number of likely N-dealkylation sites (tertiary alicyclic amines) is 1. The molecule has 4 heteroatoms. The summed E-state index contributed by atoms with van der Waals surface area (Å²) in [6.07, 6.45) is 6.21. The number of hydrogen-bond donors (Lipinski definition) is 1. The highest BCUT2D eigenvalue weighted by molar-refractivity contribution is 7.80. The molecule has 2 fully saturated rings. The van der Waals surface area contributed by atoms with Gasteiger partial charge in [-0.15, -0.1) is 0 Å². The van der Waals surface area contributed by atoms with E-state index in [-0.39, 0.29) is 11.8 Å². The van der Waals surface area contributed by atoms with Crippen LogP contribution in [0.3, 0.4) is 0 Å². The summed E-state index contributed by atoms with van der Waals surface area (Å²) < 4.78 is 0. The van der Waals surface area contributed by atoms with Gasteiger partial charge in [0, 0.05) is 12.6 Å². The number of fused-ring (bicyclic) bond motifs is 1. The van der Waals surface area contributed by atoms with Crippen molar-refractivity contribution in [3.63, 3.8) is 0 Å². The fraction of sp³-hybridized carbons (Fsp3) is 0.833. The molecule has 2 aliphatic rings. The van der Waals surface area contributed by atoms with Crippen molar-refractivity contribution in [2.24, 2.45) is 17.6 Å². The number of rotatable bonds is 2. The van der Waals surface area contributed by atoms with E-state index in [2.05, 4.69) is 0 Å². The van der Waals surface area contributed by atoms with Gasteiger partial charge in [-0.2, -0.15) is 0 Å². The fourth-order valence-electron chi connectivity index (χ4n) is 3.05. The highest BCUT2D eigenvalue weighted by Gasteiger charge is 2.39. The molecule has 0 aromatic heterocycles. The smallest absolute Gasteiger partial charge is 0.232 e. The molecule has 0 spiro atoms. The average Bonchev–Trinajstić information content (AvgIpc) is 2.70. The van der Waals surface area contributed by atoms with Gasteiger partial charge in [0.15, 0.2) is 0 Å². The summed E-state index contributed by atoms with van der Waals surface area (Å²) >= 11 is 4.91. The third kappa shape index (κ3) is 2.08. The molecule has 90 valence electrons. The van der Waals surface area contributed by atoms with E-state index in [1.165, 1.54) is 32.1 Å². The van der Waals surface area contributed by atoms with Crippen LogP contribution < -0.4 is 5.73 Å². The summed E-state index contributed by atoms with van der Waals surface area (Å²) in [4.78, 5) is 14.6. The SMILES string of the molecule is CC(C(=O)N1CCC2CCCCC21)C(N)=S. The molecular formula is C12H20N2OS. The molecule has 1 aliphatic carbocycles. The minimum Gasteiger partial charge on any atom is -0.393 e. The van der Waals surface area contributed by atoms with Crippen LogP contribution in [-0.4, -0.2) is 28.4 Å². The Bertz CT molecular complexity index is 305. The van der Waals surface area contributed by atoms with E-state index >= 15 is 0 Å². The lowest BCUT2D eigenvalue weighted by Gasteiger charge is -2.33. The van der Waals surface area contributed by atoms with Crippen molar-refractivity contribution in [1.82, 2.24) is 4.90 Å². The third-order valence-electron chi connectivity index (χ3n) is 4.09. The van der Waals surface area contributed by atoms with Crippen LogP contribution >= 0.6 is 12.2 Å². The highest BCUT2D eigenvalue weighted by Crippen LogP contribution is 2.36. The molecule has 1 saturated carbocycles. The molecule has 2 rings (SSSR count). The van der Waals surface area contributed by atoms with E-state index in [1.807, 2.05) is 11.8 Å². The van der Waals surface area contributed by atoms with Crippen molar-refractivity contribution < 1.29 is 4.79 Å². The minimum absolute atomic E-state index is 0.141. The number of thiocarbonyl (C=S) groups is 1. The molecule has 1 aliphatic heterocycles. The fourth-order valence-corrected chi connectivity index (χ4v) is 3.15. The second-order valence-corrected chi connectivity index (χ2v) is 5.53. The Labute approximate surface area is 102 Å². The summed E-state index contributed by atoms with van der Waals surface area (Å²) in [6.45, 7) is 2.72. The number of carbonyl (C=O) groups excluding carboxylic acids is 1. The summed E-state index contributed by atoms with van der Waals surface area (Å²) in [5.74, 6) is 0.578. The van der Waals surface area contributed by atoms with Gasteiger partial charge in [-0.1, -0.05) is 25.1 Å². The van der Waals surface area contributed by atoms with Crippen molar-refractivity contribution in [2.75, 3.05) is 6.54 Å². The highest BCUT2D eigenvalue weighted by atomic mass is 32.1. The van der Waals surface area contributed by atoms with E-state index in [4.69, 9.17) is 18.0 Å². The van der Waals surface area contributed by atoms with Crippen LogP contribution in [0.1, 0.15) is 39.0 Å². The summed E-state index contributed by atoms with van der Waals surface area (Å²) in [7, 11) is 0. The van der Waals surface area contributed by atoms with E-state index in [0.29, 0.717) is 11.0 Å². The van der Waals surface area contributed by atoms with Gasteiger partial charge in [0.2, 0.25) is 5.91 Å². The predicted octanol–water partition coefficient (Wildman–Crippen LogP) is 1.70. The van der Waals surface area contributed by atoms with E-state index in [9.17, 15) is 4.79 Å². The maximum absolute atomic E-state index is 12.2. The van der Waals surface area contributed by atoms with Crippen molar-refractivity contribution >= 4 is 23.1 Å². The minimum atomic E-state index is -0.296. The lowest BCUT2D eigenvalue weighted by molar-refractivity contribution is -0.134. The van der Waals surface area contributed by atoms with Crippen LogP contribution in [0.15, 0.2) is 0 Å². The van der Waals surface area contributed by atoms with Crippen molar-refractivity contribution in [2.45, 2.75) is 45.1 Å². The van der Waals surface area contributed by atoms with Gasteiger partial charge in [-0.3, -0.25) is 4.79 Å².